The van der Waals surface area contributed by atoms with Crippen LogP contribution in [0, 0.1) is 0 Å². The van der Waals surface area contributed by atoms with Crippen LogP contribution in [-0.4, -0.2) is 43.8 Å². The van der Waals surface area contributed by atoms with Gasteiger partial charge < -0.3 is 9.30 Å². The lowest BCUT2D eigenvalue weighted by molar-refractivity contribution is -0.115. The summed E-state index contributed by atoms with van der Waals surface area (Å²) in [7, 11) is -2.00. The molecular formula is C20H22N2O4S3. The van der Waals surface area contributed by atoms with Gasteiger partial charge in [0.2, 0.25) is 0 Å². The first-order valence-corrected chi connectivity index (χ1v) is 12.9. The molecule has 1 aromatic heterocycles. The van der Waals surface area contributed by atoms with E-state index in [0.29, 0.717) is 16.9 Å². The maximum Gasteiger partial charge on any atom is 0.263 e. The van der Waals surface area contributed by atoms with Gasteiger partial charge in [-0.25, -0.2) is 8.42 Å². The molecule has 154 valence electrons. The Kier molecular flexibility index (Phi) is 7.15. The number of methoxy groups -OCH3 is 1. The zero-order valence-electron chi connectivity index (χ0n) is 16.2. The zero-order chi connectivity index (χ0) is 20.9. The van der Waals surface area contributed by atoms with Crippen LogP contribution in [0.15, 0.2) is 53.5 Å². The smallest absolute Gasteiger partial charge is 0.263 e. The largest absolute Gasteiger partial charge is 0.497 e. The molecule has 0 aliphatic carbocycles. The number of thioether (sulfide) groups is 1. The van der Waals surface area contributed by atoms with Gasteiger partial charge in [-0.3, -0.25) is 4.79 Å². The van der Waals surface area contributed by atoms with Gasteiger partial charge in [0.25, 0.3) is 5.91 Å². The lowest BCUT2D eigenvalue weighted by atomic mass is 10.2. The number of aryl methyl sites for hydroxylation is 1. The van der Waals surface area contributed by atoms with Gasteiger partial charge >= 0.3 is 0 Å². The number of rotatable bonds is 8. The Hall–Kier alpha value is -2.10. The van der Waals surface area contributed by atoms with E-state index in [2.05, 4.69) is 4.99 Å². The molecule has 3 aromatic rings. The number of amides is 1. The monoisotopic (exact) mass is 450 g/mol. The average molecular weight is 451 g/mol. The van der Waals surface area contributed by atoms with E-state index in [1.54, 1.807) is 43.1 Å². The number of carbonyl (C=O) groups excluding carboxylic acids is 1. The van der Waals surface area contributed by atoms with E-state index in [1.165, 1.54) is 11.3 Å². The second kappa shape index (κ2) is 9.60. The number of hydrogen-bond donors (Lipinski definition) is 0. The van der Waals surface area contributed by atoms with Gasteiger partial charge in [-0.2, -0.15) is 16.8 Å². The second-order valence-electron chi connectivity index (χ2n) is 6.39. The van der Waals surface area contributed by atoms with Crippen molar-refractivity contribution < 1.29 is 17.9 Å². The van der Waals surface area contributed by atoms with E-state index in [9.17, 15) is 13.2 Å². The maximum absolute atomic E-state index is 12.5. The highest BCUT2D eigenvalue weighted by molar-refractivity contribution is 7.98. The summed E-state index contributed by atoms with van der Waals surface area (Å²) in [6, 6.07) is 14.5. The highest BCUT2D eigenvalue weighted by Crippen LogP contribution is 2.23. The Morgan fingerprint density at radius 3 is 2.66 bits per heavy atom. The molecule has 1 amide bonds. The Balaban J connectivity index is 1.90. The van der Waals surface area contributed by atoms with Crippen LogP contribution in [0.1, 0.15) is 5.56 Å². The lowest BCUT2D eigenvalue weighted by Crippen LogP contribution is -2.22. The van der Waals surface area contributed by atoms with Crippen molar-refractivity contribution in [3.05, 3.63) is 58.9 Å². The van der Waals surface area contributed by atoms with E-state index < -0.39 is 21.5 Å². The summed E-state index contributed by atoms with van der Waals surface area (Å²) in [6.07, 6.45) is 2.01. The van der Waals surface area contributed by atoms with Crippen LogP contribution in [0.2, 0.25) is 0 Å². The predicted molar refractivity (Wildman–Crippen MR) is 119 cm³/mol. The summed E-state index contributed by atoms with van der Waals surface area (Å²) in [6.45, 7) is 0.677. The molecule has 0 saturated carbocycles. The van der Waals surface area contributed by atoms with Crippen molar-refractivity contribution in [2.45, 2.75) is 12.3 Å². The number of thiazole rings is 1. The number of carbonyl (C=O) groups is 1. The van der Waals surface area contributed by atoms with Crippen LogP contribution < -0.4 is 9.54 Å². The minimum absolute atomic E-state index is 0.175. The molecule has 0 saturated heterocycles. The molecule has 1 heterocycles. The summed E-state index contributed by atoms with van der Waals surface area (Å²) in [4.78, 5) is 17.1. The number of fused-ring (bicyclic) bond motifs is 1. The summed E-state index contributed by atoms with van der Waals surface area (Å²) in [5.41, 5.74) is 1.60. The third kappa shape index (κ3) is 5.71. The fraction of sp³-hybridized carbons (Fsp3) is 0.300. The minimum atomic E-state index is -3.60. The third-order valence-electron chi connectivity index (χ3n) is 4.20. The number of nitrogens with zero attached hydrogens (tertiary/aromatic N) is 2. The van der Waals surface area contributed by atoms with E-state index in [1.807, 2.05) is 35.1 Å². The van der Waals surface area contributed by atoms with Crippen molar-refractivity contribution in [2.75, 3.05) is 24.9 Å². The summed E-state index contributed by atoms with van der Waals surface area (Å²) >= 11 is 3.05. The minimum Gasteiger partial charge on any atom is -0.497 e. The Bertz CT molecular complexity index is 1170. The molecule has 6 nitrogen and oxygen atoms in total. The standard InChI is InChI=1S/C20H22N2O4S3/c1-26-16-8-9-17-18(12-16)28-20(22(17)10-11-27-2)21-19(23)14-29(24,25)13-15-6-4-3-5-7-15/h3-9,12H,10-11,13-14H2,1-2H3. The summed E-state index contributed by atoms with van der Waals surface area (Å²) < 4.78 is 33.0. The second-order valence-corrected chi connectivity index (χ2v) is 10.4. The first-order chi connectivity index (χ1) is 13.9. The van der Waals surface area contributed by atoms with Crippen molar-refractivity contribution in [3.8, 4) is 5.75 Å². The number of hydrogen-bond acceptors (Lipinski definition) is 6. The SMILES string of the molecule is COc1ccc2c(c1)sc(=NC(=O)CS(=O)(=O)Cc1ccccc1)n2CCSC. The van der Waals surface area contributed by atoms with Crippen LogP contribution in [0.3, 0.4) is 0 Å². The van der Waals surface area contributed by atoms with E-state index in [4.69, 9.17) is 4.74 Å². The highest BCUT2D eigenvalue weighted by atomic mass is 32.2. The van der Waals surface area contributed by atoms with Crippen molar-refractivity contribution in [1.82, 2.24) is 4.57 Å². The molecule has 0 unspecified atom stereocenters. The number of aromatic nitrogens is 1. The molecule has 0 spiro atoms. The molecule has 9 heteroatoms. The topological polar surface area (TPSA) is 77.7 Å². The molecule has 2 aromatic carbocycles. The van der Waals surface area contributed by atoms with E-state index in [-0.39, 0.29) is 5.75 Å². The van der Waals surface area contributed by atoms with Crippen molar-refractivity contribution in [1.29, 1.82) is 0 Å². The van der Waals surface area contributed by atoms with Crippen LogP contribution >= 0.6 is 23.1 Å². The molecule has 0 fully saturated rings. The average Bonchev–Trinajstić information content (AvgIpc) is 3.01. The van der Waals surface area contributed by atoms with Gasteiger partial charge in [-0.05, 0) is 30.0 Å². The Morgan fingerprint density at radius 2 is 1.97 bits per heavy atom. The fourth-order valence-electron chi connectivity index (χ4n) is 2.87. The van der Waals surface area contributed by atoms with Gasteiger partial charge in [-0.1, -0.05) is 41.7 Å². The third-order valence-corrected chi connectivity index (χ3v) is 7.29. The molecule has 0 atom stereocenters. The number of benzene rings is 2. The maximum atomic E-state index is 12.5. The van der Waals surface area contributed by atoms with Gasteiger partial charge in [0, 0.05) is 12.3 Å². The Labute approximate surface area is 178 Å². The predicted octanol–water partition coefficient (Wildman–Crippen LogP) is 3.12. The molecule has 0 bridgehead atoms. The van der Waals surface area contributed by atoms with Gasteiger partial charge in [0.15, 0.2) is 14.6 Å². The fourth-order valence-corrected chi connectivity index (χ4v) is 5.58. The summed E-state index contributed by atoms with van der Waals surface area (Å²) in [5.74, 6) is 0.134. The van der Waals surface area contributed by atoms with Crippen LogP contribution in [0.5, 0.6) is 5.75 Å². The molecule has 3 rings (SSSR count). The van der Waals surface area contributed by atoms with Crippen molar-refractivity contribution >= 4 is 49.1 Å². The van der Waals surface area contributed by atoms with Crippen LogP contribution in [0.4, 0.5) is 0 Å². The van der Waals surface area contributed by atoms with E-state index >= 15 is 0 Å². The first-order valence-electron chi connectivity index (χ1n) is 8.90. The number of ether oxygens (including phenoxy) is 1. The molecular weight excluding hydrogens is 428 g/mol. The Morgan fingerprint density at radius 1 is 1.21 bits per heavy atom. The molecule has 0 aliphatic heterocycles. The van der Waals surface area contributed by atoms with Crippen LogP contribution in [-0.2, 0) is 26.9 Å². The van der Waals surface area contributed by atoms with Crippen molar-refractivity contribution in [3.63, 3.8) is 0 Å². The first kappa shape index (κ1) is 21.6. The van der Waals surface area contributed by atoms with Crippen molar-refractivity contribution in [2.24, 2.45) is 4.99 Å². The lowest BCUT2D eigenvalue weighted by Gasteiger charge is -2.05. The number of sulfone groups is 1. The summed E-state index contributed by atoms with van der Waals surface area (Å²) in [5, 5.41) is 0. The molecule has 29 heavy (non-hydrogen) atoms. The molecule has 0 radical (unpaired) electrons. The van der Waals surface area contributed by atoms with Gasteiger partial charge in [0.1, 0.15) is 11.5 Å². The molecule has 0 N–H and O–H groups in total. The van der Waals surface area contributed by atoms with Gasteiger partial charge in [-0.15, -0.1) is 0 Å². The normalized spacial score (nSPS) is 12.4. The van der Waals surface area contributed by atoms with Crippen LogP contribution in [0.25, 0.3) is 10.2 Å². The van der Waals surface area contributed by atoms with Gasteiger partial charge in [0.05, 0.1) is 23.1 Å². The van der Waals surface area contributed by atoms with E-state index in [0.717, 1.165) is 21.7 Å². The highest BCUT2D eigenvalue weighted by Gasteiger charge is 2.18. The zero-order valence-corrected chi connectivity index (χ0v) is 18.6. The molecule has 0 aliphatic rings. The quantitative estimate of drug-likeness (QED) is 0.527.